The molecule has 0 spiro atoms. The molecule has 0 fully saturated rings. The molecule has 0 unspecified atom stereocenters. The molecule has 0 aromatic rings. The molecule has 0 saturated carbocycles. The SMILES string of the molecule is CC1=C(CC/C(C)=C/C=C/C(C)=C/C=C\C=C(C)\C=C\C=C(/C)CCC2=C(C)CCCC2(C)C)C(C)(C)CCC1. The second-order valence-corrected chi connectivity index (χ2v) is 13.9. The van der Waals surface area contributed by atoms with Crippen LogP contribution in [0.25, 0.3) is 0 Å². The van der Waals surface area contributed by atoms with Crippen LogP contribution in [0.4, 0.5) is 0 Å². The molecule has 0 saturated heterocycles. The number of hydrogen-bond donors (Lipinski definition) is 0. The Labute approximate surface area is 249 Å². The van der Waals surface area contributed by atoms with Gasteiger partial charge in [0, 0.05) is 0 Å². The quantitative estimate of drug-likeness (QED) is 0.170. The van der Waals surface area contributed by atoms with E-state index in [1.165, 1.54) is 73.7 Å². The summed E-state index contributed by atoms with van der Waals surface area (Å²) in [6, 6.07) is 0. The van der Waals surface area contributed by atoms with E-state index in [0.29, 0.717) is 10.8 Å². The molecule has 0 radical (unpaired) electrons. The Hall–Kier alpha value is -2.34. The van der Waals surface area contributed by atoms with Gasteiger partial charge in [0.25, 0.3) is 0 Å². The van der Waals surface area contributed by atoms with Crippen molar-refractivity contribution in [3.05, 3.63) is 105 Å². The minimum Gasteiger partial charge on any atom is -0.0736 e. The standard InChI is InChI=1S/C40H60/c1-31(19-13-21-33(3)25-27-37-35(5)23-15-29-39(37,7)8)17-11-12-18-32(2)20-14-22-34(4)26-28-38-36(6)24-16-30-40(38,9)10/h11-14,17-22H,15-16,23-30H2,1-10H3/b12-11-,19-13+,20-14+,31-17+,32-18+,33-21+,34-22+. The van der Waals surface area contributed by atoms with Crippen LogP contribution in [0.1, 0.15) is 133 Å². The Morgan fingerprint density at radius 3 is 1.30 bits per heavy atom. The Bertz CT molecular complexity index is 1030. The predicted octanol–water partition coefficient (Wildman–Crippen LogP) is 13.1. The van der Waals surface area contributed by atoms with Gasteiger partial charge in [-0.3, -0.25) is 0 Å². The zero-order chi connectivity index (χ0) is 29.8. The zero-order valence-electron chi connectivity index (χ0n) is 27.8. The van der Waals surface area contributed by atoms with E-state index in [1.807, 2.05) is 0 Å². The molecule has 0 heteroatoms. The first-order valence-corrected chi connectivity index (χ1v) is 15.9. The van der Waals surface area contributed by atoms with Gasteiger partial charge in [0.05, 0.1) is 0 Å². The molecule has 0 heterocycles. The summed E-state index contributed by atoms with van der Waals surface area (Å²) in [6.07, 6.45) is 34.7. The van der Waals surface area contributed by atoms with Crippen molar-refractivity contribution in [3.8, 4) is 0 Å². The van der Waals surface area contributed by atoms with Crippen molar-refractivity contribution >= 4 is 0 Å². The zero-order valence-corrected chi connectivity index (χ0v) is 27.8. The van der Waals surface area contributed by atoms with E-state index < -0.39 is 0 Å². The van der Waals surface area contributed by atoms with E-state index in [4.69, 9.17) is 0 Å². The second-order valence-electron chi connectivity index (χ2n) is 13.9. The highest BCUT2D eigenvalue weighted by molar-refractivity contribution is 5.31. The number of rotatable bonds is 12. The molecule has 40 heavy (non-hydrogen) atoms. The van der Waals surface area contributed by atoms with E-state index >= 15 is 0 Å². The molecule has 2 rings (SSSR count). The van der Waals surface area contributed by atoms with Gasteiger partial charge in [0.1, 0.15) is 0 Å². The first-order chi connectivity index (χ1) is 18.8. The topological polar surface area (TPSA) is 0 Å². The summed E-state index contributed by atoms with van der Waals surface area (Å²) in [5, 5.41) is 0. The van der Waals surface area contributed by atoms with Gasteiger partial charge in [0.15, 0.2) is 0 Å². The van der Waals surface area contributed by atoms with Crippen molar-refractivity contribution < 1.29 is 0 Å². The molecule has 0 aromatic heterocycles. The summed E-state index contributed by atoms with van der Waals surface area (Å²) in [6.45, 7) is 23.3. The second kappa shape index (κ2) is 16.2. The minimum absolute atomic E-state index is 0.381. The van der Waals surface area contributed by atoms with Gasteiger partial charge in [-0.1, -0.05) is 133 Å². The fourth-order valence-corrected chi connectivity index (χ4v) is 6.52. The first-order valence-electron chi connectivity index (χ1n) is 15.9. The van der Waals surface area contributed by atoms with E-state index in [0.717, 1.165) is 12.8 Å². The molecule has 2 aliphatic rings. The van der Waals surface area contributed by atoms with Crippen LogP contribution in [0.2, 0.25) is 0 Å². The highest BCUT2D eigenvalue weighted by atomic mass is 14.3. The van der Waals surface area contributed by atoms with Crippen molar-refractivity contribution in [2.75, 3.05) is 0 Å². The summed E-state index contributed by atoms with van der Waals surface area (Å²) in [4.78, 5) is 0. The van der Waals surface area contributed by atoms with Gasteiger partial charge in [0.2, 0.25) is 0 Å². The molecule has 2 aliphatic carbocycles. The summed E-state index contributed by atoms with van der Waals surface area (Å²) >= 11 is 0. The summed E-state index contributed by atoms with van der Waals surface area (Å²) < 4.78 is 0. The smallest absolute Gasteiger partial charge is 0.0142 e. The molecule has 0 aliphatic heterocycles. The van der Waals surface area contributed by atoms with E-state index in [-0.39, 0.29) is 0 Å². The summed E-state index contributed by atoms with van der Waals surface area (Å²) in [5.41, 5.74) is 12.9. The molecule has 0 aromatic carbocycles. The third-order valence-electron chi connectivity index (χ3n) is 9.22. The molecule has 0 bridgehead atoms. The van der Waals surface area contributed by atoms with Gasteiger partial charge in [-0.05, 0) is 117 Å². The van der Waals surface area contributed by atoms with Gasteiger partial charge in [-0.25, -0.2) is 0 Å². The largest absolute Gasteiger partial charge is 0.0736 e. The third kappa shape index (κ3) is 11.6. The molecule has 0 amide bonds. The first kappa shape index (κ1) is 33.9. The Kier molecular flexibility index (Phi) is 13.7. The van der Waals surface area contributed by atoms with Crippen LogP contribution in [0, 0.1) is 10.8 Å². The maximum atomic E-state index is 2.43. The molecule has 0 atom stereocenters. The Balaban J connectivity index is 1.80. The molecular formula is C40H60. The van der Waals surface area contributed by atoms with Crippen LogP contribution in [-0.4, -0.2) is 0 Å². The van der Waals surface area contributed by atoms with Crippen LogP contribution in [0.15, 0.2) is 105 Å². The third-order valence-corrected chi connectivity index (χ3v) is 9.22. The van der Waals surface area contributed by atoms with Gasteiger partial charge in [-0.15, -0.1) is 0 Å². The maximum Gasteiger partial charge on any atom is -0.0142 e. The van der Waals surface area contributed by atoms with Gasteiger partial charge >= 0.3 is 0 Å². The van der Waals surface area contributed by atoms with Crippen molar-refractivity contribution in [1.29, 1.82) is 0 Å². The van der Waals surface area contributed by atoms with Crippen LogP contribution >= 0.6 is 0 Å². The maximum absolute atomic E-state index is 2.43. The van der Waals surface area contributed by atoms with Crippen molar-refractivity contribution in [2.24, 2.45) is 10.8 Å². The monoisotopic (exact) mass is 540 g/mol. The lowest BCUT2D eigenvalue weighted by Gasteiger charge is -2.34. The lowest BCUT2D eigenvalue weighted by atomic mass is 9.71. The van der Waals surface area contributed by atoms with Crippen LogP contribution in [0.5, 0.6) is 0 Å². The van der Waals surface area contributed by atoms with Crippen LogP contribution < -0.4 is 0 Å². The fourth-order valence-electron chi connectivity index (χ4n) is 6.52. The van der Waals surface area contributed by atoms with Crippen LogP contribution in [-0.2, 0) is 0 Å². The van der Waals surface area contributed by atoms with Crippen molar-refractivity contribution in [3.63, 3.8) is 0 Å². The summed E-state index contributed by atoms with van der Waals surface area (Å²) in [5.74, 6) is 0. The van der Waals surface area contributed by atoms with Gasteiger partial charge < -0.3 is 0 Å². The predicted molar refractivity (Wildman–Crippen MR) is 182 cm³/mol. The molecule has 0 nitrogen and oxygen atoms in total. The normalized spacial score (nSPS) is 21.6. The summed E-state index contributed by atoms with van der Waals surface area (Å²) in [7, 11) is 0. The van der Waals surface area contributed by atoms with Crippen molar-refractivity contribution in [2.45, 2.75) is 133 Å². The highest BCUT2D eigenvalue weighted by Crippen LogP contribution is 2.43. The van der Waals surface area contributed by atoms with Gasteiger partial charge in [-0.2, -0.15) is 0 Å². The molecule has 0 N–H and O–H groups in total. The highest BCUT2D eigenvalue weighted by Gasteiger charge is 2.28. The lowest BCUT2D eigenvalue weighted by Crippen LogP contribution is -2.20. The molecular weight excluding hydrogens is 480 g/mol. The average Bonchev–Trinajstić information content (AvgIpc) is 2.85. The van der Waals surface area contributed by atoms with E-state index in [1.54, 1.807) is 22.3 Å². The minimum atomic E-state index is 0.381. The van der Waals surface area contributed by atoms with E-state index in [2.05, 4.69) is 130 Å². The number of hydrogen-bond acceptors (Lipinski definition) is 0. The Morgan fingerprint density at radius 1 is 0.575 bits per heavy atom. The van der Waals surface area contributed by atoms with Crippen LogP contribution in [0.3, 0.4) is 0 Å². The lowest BCUT2D eigenvalue weighted by molar-refractivity contribution is 0.354. The average molecular weight is 541 g/mol. The number of allylic oxidation sites excluding steroid dienone is 18. The van der Waals surface area contributed by atoms with Crippen molar-refractivity contribution in [1.82, 2.24) is 0 Å². The fraction of sp³-hybridized carbons (Fsp3) is 0.550. The van der Waals surface area contributed by atoms with E-state index in [9.17, 15) is 0 Å². The Morgan fingerprint density at radius 2 is 0.950 bits per heavy atom. The molecule has 220 valence electrons.